The molecule has 8 nitrogen and oxygen atoms in total. The van der Waals surface area contributed by atoms with Crippen LogP contribution in [0.15, 0.2) is 29.4 Å². The van der Waals surface area contributed by atoms with Crippen LogP contribution in [-0.4, -0.2) is 90.9 Å². The van der Waals surface area contributed by atoms with Gasteiger partial charge in [-0.15, -0.1) is 6.10 Å². The molecule has 5 unspecified atom stereocenters. The summed E-state index contributed by atoms with van der Waals surface area (Å²) in [4.78, 5) is 21.8. The fourth-order valence-electron chi connectivity index (χ4n) is 5.96. The molecule has 2 aliphatic heterocycles. The van der Waals surface area contributed by atoms with Crippen LogP contribution in [0.5, 0.6) is 0 Å². The number of benzene rings is 1. The van der Waals surface area contributed by atoms with Crippen molar-refractivity contribution in [2.45, 2.75) is 56.7 Å². The number of amides is 1. The van der Waals surface area contributed by atoms with Gasteiger partial charge in [-0.2, -0.15) is 11.5 Å². The van der Waals surface area contributed by atoms with E-state index in [1.807, 2.05) is 19.1 Å². The summed E-state index contributed by atoms with van der Waals surface area (Å²) in [6, 6.07) is 6.64. The monoisotopic (exact) mass is 651 g/mol. The van der Waals surface area contributed by atoms with E-state index in [4.69, 9.17) is 30.1 Å². The molecule has 1 amide bonds. The maximum atomic E-state index is 13.6. The maximum Gasteiger partial charge on any atom is 5.00 e. The number of nitrogens with zero attached hydrogens (tertiary/aromatic N) is 3. The third-order valence-electron chi connectivity index (χ3n) is 7.41. The first-order valence-corrected chi connectivity index (χ1v) is 14.0. The van der Waals surface area contributed by atoms with Crippen LogP contribution >= 0.6 is 0 Å². The fraction of sp³-hybridized carbons (Fsp3) is 0.692. The smallest absolute Gasteiger partial charge is 2.00 e. The molecular weight excluding hydrogens is 613 g/mol. The van der Waals surface area contributed by atoms with Crippen molar-refractivity contribution in [1.82, 2.24) is 15.1 Å². The molecule has 0 saturated carbocycles. The molecule has 0 aliphatic carbocycles. The number of oxime groups is 1. The number of halogens is 1. The fourth-order valence-corrected chi connectivity index (χ4v) is 6.33. The summed E-state index contributed by atoms with van der Waals surface area (Å²) in [6.45, 7) is 5.01. The minimum absolute atomic E-state index is 0. The Morgan fingerprint density at radius 3 is 2.55 bits per heavy atom. The molecule has 0 aromatic heterocycles. The van der Waals surface area contributed by atoms with Gasteiger partial charge in [0.2, 0.25) is 5.91 Å². The predicted octanol–water partition coefficient (Wildman–Crippen LogP) is 1.29. The van der Waals surface area contributed by atoms with E-state index >= 15 is 0 Å². The van der Waals surface area contributed by atoms with Crippen molar-refractivity contribution in [2.75, 3.05) is 51.3 Å². The molecule has 12 heteroatoms. The van der Waals surface area contributed by atoms with Gasteiger partial charge in [0.1, 0.15) is 12.9 Å². The van der Waals surface area contributed by atoms with Crippen molar-refractivity contribution in [2.24, 2.45) is 11.1 Å². The Morgan fingerprint density at radius 1 is 1.24 bits per heavy atom. The third-order valence-corrected chi connectivity index (χ3v) is 7.79. The van der Waals surface area contributed by atoms with Gasteiger partial charge in [-0.05, 0) is 75.5 Å². The van der Waals surface area contributed by atoms with Crippen LogP contribution < -0.4 is 10.4 Å². The zero-order valence-corrected chi connectivity index (χ0v) is 25.5. The van der Waals surface area contributed by atoms with E-state index in [2.05, 4.69) is 20.3 Å². The van der Waals surface area contributed by atoms with Crippen LogP contribution in [0.1, 0.15) is 44.1 Å². The Kier molecular flexibility index (Phi) is 16.6. The largest absolute Gasteiger partial charge is 5.00 e. The Morgan fingerprint density at radius 2 is 1.95 bits per heavy atom. The molecule has 1 aromatic rings. The van der Waals surface area contributed by atoms with E-state index in [0.29, 0.717) is 44.0 Å². The number of fused-ring (bicyclic) bond motifs is 2. The minimum Gasteiger partial charge on any atom is -2.00 e. The SMILES string of the molecule is CCC(=NOC)C1C(c2ccc(F)cc2)CC2CC([O-])C1N2CCCN(CC[S-])CC(=O)NCC[S-].[98Tc+5].[O-2]. The molecule has 2 heterocycles. The molecule has 1 aromatic carbocycles. The number of piperidine rings is 1. The maximum absolute atomic E-state index is 13.6. The predicted molar refractivity (Wildman–Crippen MR) is 144 cm³/mol. The average Bonchev–Trinajstić information content (AvgIpc) is 3.07. The first-order valence-electron chi connectivity index (χ1n) is 12.9. The van der Waals surface area contributed by atoms with Crippen LogP contribution in [-0.2, 0) is 60.5 Å². The molecule has 3 rings (SSSR count). The molecule has 2 fully saturated rings. The summed E-state index contributed by atoms with van der Waals surface area (Å²) in [5, 5.41) is 20.6. The van der Waals surface area contributed by atoms with Crippen LogP contribution in [0.2, 0.25) is 0 Å². The second kappa shape index (κ2) is 17.9. The number of rotatable bonds is 14. The molecule has 2 saturated heterocycles. The molecule has 0 radical (unpaired) electrons. The van der Waals surface area contributed by atoms with Gasteiger partial charge in [0.05, 0.1) is 12.3 Å². The topological polar surface area (TPSA) is 109 Å². The van der Waals surface area contributed by atoms with Crippen LogP contribution in [0, 0.1) is 11.7 Å². The normalized spacial score (nSPS) is 25.0. The molecule has 1 N–H and O–H groups in total. The minimum atomic E-state index is -0.716. The van der Waals surface area contributed by atoms with Gasteiger partial charge < -0.3 is 46.0 Å². The third kappa shape index (κ3) is 9.16. The van der Waals surface area contributed by atoms with Gasteiger partial charge in [0, 0.05) is 18.0 Å². The summed E-state index contributed by atoms with van der Waals surface area (Å²) in [7, 11) is 1.54. The quantitative estimate of drug-likeness (QED) is 0.184. The standard InChI is InChI=1S/C26H40FN4O3S2.O.Tc/c1-3-22(29-34-2)25-21(18-5-7-19(27)8-6-18)15-20-16-23(32)26(25)31(20)11-4-10-30(12-14-36)17-24(33)28-9-13-35;;/h5-8,20-21,23,25-26,35-36H,3-4,9-17H2,1-2H3,(H,28,33);;/q-1;-2;+5/p-2/i;;1+0. The van der Waals surface area contributed by atoms with E-state index in [1.54, 1.807) is 0 Å². The van der Waals surface area contributed by atoms with Crippen LogP contribution in [0.3, 0.4) is 0 Å². The van der Waals surface area contributed by atoms with E-state index < -0.39 is 6.10 Å². The number of hydrogen-bond donors (Lipinski definition) is 1. The van der Waals surface area contributed by atoms with E-state index in [0.717, 1.165) is 37.2 Å². The zero-order valence-electron chi connectivity index (χ0n) is 22.0. The summed E-state index contributed by atoms with van der Waals surface area (Å²) in [5.74, 6) is 0.754. The van der Waals surface area contributed by atoms with E-state index in [9.17, 15) is 14.3 Å². The second-order valence-electron chi connectivity index (χ2n) is 9.58. The first-order chi connectivity index (χ1) is 17.4. The van der Waals surface area contributed by atoms with Gasteiger partial charge in [0.15, 0.2) is 0 Å². The van der Waals surface area contributed by atoms with E-state index in [-0.39, 0.29) is 61.2 Å². The number of nitrogens with one attached hydrogen (secondary N) is 1. The summed E-state index contributed by atoms with van der Waals surface area (Å²) >= 11 is 10.1. The molecule has 212 valence electrons. The van der Waals surface area contributed by atoms with Crippen molar-refractivity contribution < 1.29 is 44.7 Å². The Labute approximate surface area is 250 Å². The molecule has 5 atom stereocenters. The second-order valence-corrected chi connectivity index (χ2v) is 10.4. The summed E-state index contributed by atoms with van der Waals surface area (Å²) < 4.78 is 13.6. The molecule has 38 heavy (non-hydrogen) atoms. The van der Waals surface area contributed by atoms with Crippen molar-refractivity contribution >= 4 is 36.9 Å². The molecule has 0 spiro atoms. The average molecular weight is 652 g/mol. The van der Waals surface area contributed by atoms with Gasteiger partial charge in [-0.1, -0.05) is 24.2 Å². The first kappa shape index (κ1) is 35.3. The zero-order chi connectivity index (χ0) is 26.1. The Balaban J connectivity index is 0.00000361. The number of carbonyl (C=O) groups excluding carboxylic acids is 1. The Bertz CT molecular complexity index is 870. The van der Waals surface area contributed by atoms with Gasteiger partial charge >= 0.3 is 20.1 Å². The van der Waals surface area contributed by atoms with Gasteiger partial charge in [0.25, 0.3) is 0 Å². The van der Waals surface area contributed by atoms with Crippen molar-refractivity contribution in [1.29, 1.82) is 0 Å². The van der Waals surface area contributed by atoms with Crippen molar-refractivity contribution in [3.05, 3.63) is 35.6 Å². The summed E-state index contributed by atoms with van der Waals surface area (Å²) in [6.07, 6.45) is 2.23. The van der Waals surface area contributed by atoms with Crippen molar-refractivity contribution in [3.8, 4) is 0 Å². The van der Waals surface area contributed by atoms with Crippen molar-refractivity contribution in [3.63, 3.8) is 0 Å². The Hall–Kier alpha value is -0.721. The van der Waals surface area contributed by atoms with Gasteiger partial charge in [-0.25, -0.2) is 4.39 Å². The van der Waals surface area contributed by atoms with Crippen LogP contribution in [0.25, 0.3) is 0 Å². The van der Waals surface area contributed by atoms with E-state index in [1.165, 1.54) is 19.2 Å². The molecule has 2 bridgehead atoms. The van der Waals surface area contributed by atoms with Crippen LogP contribution in [0.4, 0.5) is 4.39 Å². The summed E-state index contributed by atoms with van der Waals surface area (Å²) in [5.41, 5.74) is 1.93. The number of carbonyl (C=O) groups is 1. The molecule has 2 aliphatic rings. The molecular formula is C26H38FN4O4S2Tc. The number of hydrogen-bond acceptors (Lipinski definition) is 8. The van der Waals surface area contributed by atoms with Gasteiger partial charge in [-0.3, -0.25) is 14.6 Å².